The maximum atomic E-state index is 11.8. The quantitative estimate of drug-likeness (QED) is 0.735. The number of aliphatic carboxylic acids is 1. The van der Waals surface area contributed by atoms with E-state index in [2.05, 4.69) is 5.32 Å². The molecule has 1 heterocycles. The van der Waals surface area contributed by atoms with Gasteiger partial charge >= 0.3 is 5.97 Å². The molecule has 0 spiro atoms. The number of carboxylic acid groups (broad SMARTS) is 1. The Hall–Kier alpha value is -1.24. The normalized spacial score (nSPS) is 16.8. The smallest absolute Gasteiger partial charge is 0.327 e. The van der Waals surface area contributed by atoms with Gasteiger partial charge in [0, 0.05) is 25.8 Å². The molecule has 0 bridgehead atoms. The lowest BCUT2D eigenvalue weighted by Crippen LogP contribution is -2.42. The minimum Gasteiger partial charge on any atom is -0.480 e. The lowest BCUT2D eigenvalue weighted by atomic mass is 10.1. The average Bonchev–Trinajstić information content (AvgIpc) is 2.37. The van der Waals surface area contributed by atoms with Gasteiger partial charge in [0.1, 0.15) is 6.04 Å². The van der Waals surface area contributed by atoms with Crippen molar-refractivity contribution in [1.82, 2.24) is 10.2 Å². The van der Waals surface area contributed by atoms with Crippen molar-refractivity contribution >= 4 is 29.5 Å². The second-order valence-corrected chi connectivity index (χ2v) is 5.58. The molecule has 1 unspecified atom stereocenters. The first-order valence-corrected chi connectivity index (χ1v) is 7.51. The van der Waals surface area contributed by atoms with E-state index in [-0.39, 0.29) is 23.3 Å². The standard InChI is InChI=1S/C12H20N2O4S/c1-9(15)13-10(12(17)18)7-19-8-11(16)14-5-3-2-4-6-14/h10H,2-8H2,1H3,(H,13,15)(H,17,18). The molecule has 108 valence electrons. The Morgan fingerprint density at radius 3 is 2.42 bits per heavy atom. The van der Waals surface area contributed by atoms with Gasteiger partial charge in [-0.15, -0.1) is 11.8 Å². The van der Waals surface area contributed by atoms with Gasteiger partial charge in [0.25, 0.3) is 0 Å². The van der Waals surface area contributed by atoms with Gasteiger partial charge in [0.05, 0.1) is 5.75 Å². The van der Waals surface area contributed by atoms with Crippen molar-refractivity contribution in [2.45, 2.75) is 32.2 Å². The van der Waals surface area contributed by atoms with Gasteiger partial charge in [-0.3, -0.25) is 9.59 Å². The number of carbonyl (C=O) groups excluding carboxylic acids is 2. The number of thioether (sulfide) groups is 1. The summed E-state index contributed by atoms with van der Waals surface area (Å²) in [6, 6.07) is -0.934. The van der Waals surface area contributed by atoms with Crippen LogP contribution in [0.4, 0.5) is 0 Å². The van der Waals surface area contributed by atoms with E-state index < -0.39 is 12.0 Å². The maximum absolute atomic E-state index is 11.8. The molecule has 1 rings (SSSR count). The first-order chi connectivity index (χ1) is 9.00. The number of carbonyl (C=O) groups is 3. The predicted molar refractivity (Wildman–Crippen MR) is 73.0 cm³/mol. The van der Waals surface area contributed by atoms with E-state index in [1.165, 1.54) is 25.1 Å². The summed E-state index contributed by atoms with van der Waals surface area (Å²) in [5.74, 6) is -0.933. The molecular weight excluding hydrogens is 268 g/mol. The summed E-state index contributed by atoms with van der Waals surface area (Å²) in [7, 11) is 0. The summed E-state index contributed by atoms with van der Waals surface area (Å²) >= 11 is 1.25. The topological polar surface area (TPSA) is 86.7 Å². The highest BCUT2D eigenvalue weighted by atomic mass is 32.2. The fourth-order valence-corrected chi connectivity index (χ4v) is 2.86. The number of hydrogen-bond donors (Lipinski definition) is 2. The fraction of sp³-hybridized carbons (Fsp3) is 0.750. The van der Waals surface area contributed by atoms with Gasteiger partial charge in [-0.05, 0) is 19.3 Å². The Balaban J connectivity index is 2.28. The van der Waals surface area contributed by atoms with Gasteiger partial charge in [-0.25, -0.2) is 4.79 Å². The summed E-state index contributed by atoms with van der Waals surface area (Å²) in [5.41, 5.74) is 0. The molecule has 0 aromatic carbocycles. The molecule has 6 nitrogen and oxygen atoms in total. The molecule has 1 aliphatic heterocycles. The monoisotopic (exact) mass is 288 g/mol. The Bertz CT molecular complexity index is 343. The summed E-state index contributed by atoms with van der Waals surface area (Å²) in [6.07, 6.45) is 3.25. The number of carboxylic acids is 1. The first-order valence-electron chi connectivity index (χ1n) is 6.36. The zero-order chi connectivity index (χ0) is 14.3. The van der Waals surface area contributed by atoms with Crippen LogP contribution in [0.5, 0.6) is 0 Å². The maximum Gasteiger partial charge on any atom is 0.327 e. The van der Waals surface area contributed by atoms with E-state index in [9.17, 15) is 14.4 Å². The van der Waals surface area contributed by atoms with Gasteiger partial charge < -0.3 is 15.3 Å². The highest BCUT2D eigenvalue weighted by Crippen LogP contribution is 2.12. The zero-order valence-corrected chi connectivity index (χ0v) is 11.9. The third kappa shape index (κ3) is 5.96. The summed E-state index contributed by atoms with van der Waals surface area (Å²) in [5, 5.41) is 11.3. The van der Waals surface area contributed by atoms with Crippen LogP contribution >= 0.6 is 11.8 Å². The van der Waals surface area contributed by atoms with Crippen molar-refractivity contribution in [3.05, 3.63) is 0 Å². The Morgan fingerprint density at radius 1 is 1.26 bits per heavy atom. The number of nitrogens with zero attached hydrogens (tertiary/aromatic N) is 1. The Morgan fingerprint density at radius 2 is 1.89 bits per heavy atom. The van der Waals surface area contributed by atoms with Crippen molar-refractivity contribution < 1.29 is 19.5 Å². The molecule has 0 saturated carbocycles. The van der Waals surface area contributed by atoms with Crippen LogP contribution in [0.3, 0.4) is 0 Å². The van der Waals surface area contributed by atoms with Gasteiger partial charge in [-0.1, -0.05) is 0 Å². The van der Waals surface area contributed by atoms with Crippen molar-refractivity contribution in [1.29, 1.82) is 0 Å². The van der Waals surface area contributed by atoms with Crippen molar-refractivity contribution in [2.24, 2.45) is 0 Å². The third-order valence-corrected chi connectivity index (χ3v) is 3.91. The number of amides is 2. The van der Waals surface area contributed by atoms with Crippen LogP contribution in [-0.4, -0.2) is 58.4 Å². The van der Waals surface area contributed by atoms with Crippen molar-refractivity contribution in [3.8, 4) is 0 Å². The molecule has 2 amide bonds. The van der Waals surface area contributed by atoms with Gasteiger partial charge in [0.2, 0.25) is 11.8 Å². The Labute approximate surface area is 116 Å². The molecule has 1 saturated heterocycles. The van der Waals surface area contributed by atoms with Crippen LogP contribution in [0.2, 0.25) is 0 Å². The van der Waals surface area contributed by atoms with E-state index in [0.29, 0.717) is 0 Å². The number of hydrogen-bond acceptors (Lipinski definition) is 4. The summed E-state index contributed by atoms with van der Waals surface area (Å²) < 4.78 is 0. The van der Waals surface area contributed by atoms with E-state index in [4.69, 9.17) is 5.11 Å². The number of nitrogens with one attached hydrogen (secondary N) is 1. The molecule has 0 aromatic rings. The highest BCUT2D eigenvalue weighted by molar-refractivity contribution is 8.00. The van der Waals surface area contributed by atoms with Gasteiger partial charge in [0.15, 0.2) is 0 Å². The van der Waals surface area contributed by atoms with Crippen molar-refractivity contribution in [3.63, 3.8) is 0 Å². The third-order valence-electron chi connectivity index (χ3n) is 2.89. The van der Waals surface area contributed by atoms with E-state index in [0.717, 1.165) is 25.9 Å². The van der Waals surface area contributed by atoms with Crippen LogP contribution in [0, 0.1) is 0 Å². The molecule has 19 heavy (non-hydrogen) atoms. The minimum atomic E-state index is -1.08. The summed E-state index contributed by atoms with van der Waals surface area (Å²) in [6.45, 7) is 2.88. The molecule has 0 aliphatic carbocycles. The van der Waals surface area contributed by atoms with Crippen LogP contribution < -0.4 is 5.32 Å². The Kier molecular flexibility index (Phi) is 6.69. The van der Waals surface area contributed by atoms with Crippen molar-refractivity contribution in [2.75, 3.05) is 24.6 Å². The SMILES string of the molecule is CC(=O)NC(CSCC(=O)N1CCCCC1)C(=O)O. The van der Waals surface area contributed by atoms with E-state index in [1.54, 1.807) is 0 Å². The average molecular weight is 288 g/mol. The number of likely N-dealkylation sites (tertiary alicyclic amines) is 1. The molecule has 0 aromatic heterocycles. The molecule has 0 radical (unpaired) electrons. The first kappa shape index (κ1) is 15.8. The lowest BCUT2D eigenvalue weighted by Gasteiger charge is -2.26. The van der Waals surface area contributed by atoms with E-state index >= 15 is 0 Å². The van der Waals surface area contributed by atoms with Crippen LogP contribution in [0.25, 0.3) is 0 Å². The van der Waals surface area contributed by atoms with Gasteiger partial charge in [-0.2, -0.15) is 0 Å². The van der Waals surface area contributed by atoms with E-state index in [1.807, 2.05) is 4.90 Å². The molecule has 7 heteroatoms. The van der Waals surface area contributed by atoms with Crippen LogP contribution in [0.1, 0.15) is 26.2 Å². The molecule has 1 aliphatic rings. The predicted octanol–water partition coefficient (Wildman–Crippen LogP) is 0.321. The largest absolute Gasteiger partial charge is 0.480 e. The number of rotatable bonds is 6. The minimum absolute atomic E-state index is 0.0525. The molecule has 2 N–H and O–H groups in total. The lowest BCUT2D eigenvalue weighted by molar-refractivity contribution is -0.140. The second-order valence-electron chi connectivity index (χ2n) is 4.55. The number of piperidine rings is 1. The molecule has 1 fully saturated rings. The van der Waals surface area contributed by atoms with Crippen LogP contribution in [0.15, 0.2) is 0 Å². The van der Waals surface area contributed by atoms with Crippen LogP contribution in [-0.2, 0) is 14.4 Å². The fourth-order valence-electron chi connectivity index (χ4n) is 1.92. The molecular formula is C12H20N2O4S. The summed E-state index contributed by atoms with van der Waals surface area (Å²) in [4.78, 5) is 35.4. The highest BCUT2D eigenvalue weighted by Gasteiger charge is 2.20. The molecule has 1 atom stereocenters. The zero-order valence-electron chi connectivity index (χ0n) is 11.1. The second kappa shape index (κ2) is 8.04.